The van der Waals surface area contributed by atoms with E-state index in [1.54, 1.807) is 13.1 Å². The Morgan fingerprint density at radius 1 is 0.931 bits per heavy atom. The lowest BCUT2D eigenvalue weighted by Gasteiger charge is -2.15. The minimum Gasteiger partial charge on any atom is -0.311 e. The number of hydrogen-bond donors (Lipinski definition) is 0. The molecule has 0 saturated carbocycles. The highest BCUT2D eigenvalue weighted by Gasteiger charge is 2.21. The monoisotopic (exact) mass is 443 g/mol. The number of benzene rings is 3. The Morgan fingerprint density at radius 3 is 2.28 bits per heavy atom. The average Bonchev–Trinajstić information content (AvgIpc) is 2.75. The molecule has 0 aliphatic heterocycles. The van der Waals surface area contributed by atoms with Crippen LogP contribution >= 0.6 is 15.9 Å². The van der Waals surface area contributed by atoms with E-state index in [0.29, 0.717) is 5.56 Å². The first-order valence-electron chi connectivity index (χ1n) is 9.21. The average molecular weight is 444 g/mol. The zero-order valence-electron chi connectivity index (χ0n) is 15.8. The summed E-state index contributed by atoms with van der Waals surface area (Å²) in [5.74, 6) is -0.310. The summed E-state index contributed by atoms with van der Waals surface area (Å²) in [6, 6.07) is 24.9. The van der Waals surface area contributed by atoms with E-state index in [-0.39, 0.29) is 16.9 Å². The minimum absolute atomic E-state index is 0.177. The van der Waals surface area contributed by atoms with E-state index in [0.717, 1.165) is 26.5 Å². The number of fused-ring (bicyclic) bond motifs is 1. The molecule has 0 aliphatic carbocycles. The topological polar surface area (TPSA) is 39.1 Å². The molecule has 0 spiro atoms. The van der Waals surface area contributed by atoms with Crippen LogP contribution in [0.1, 0.15) is 15.9 Å². The van der Waals surface area contributed by atoms with Crippen LogP contribution in [0.25, 0.3) is 28.1 Å². The molecule has 142 valence electrons. The molecule has 4 aromatic rings. The molecule has 0 bridgehead atoms. The van der Waals surface area contributed by atoms with Crippen LogP contribution in [0.2, 0.25) is 0 Å². The van der Waals surface area contributed by atoms with Crippen LogP contribution in [0.15, 0.2) is 94.2 Å². The predicted octanol–water partition coefficient (Wildman–Crippen LogP) is 5.86. The molecule has 0 saturated heterocycles. The summed E-state index contributed by atoms with van der Waals surface area (Å²) >= 11 is 3.52. The molecule has 0 unspecified atom stereocenters. The Balaban J connectivity index is 2.00. The summed E-state index contributed by atoms with van der Waals surface area (Å²) in [6.07, 6.45) is 3.21. The van der Waals surface area contributed by atoms with Gasteiger partial charge in [-0.05, 0) is 35.4 Å². The summed E-state index contributed by atoms with van der Waals surface area (Å²) in [7, 11) is 1.70. The van der Waals surface area contributed by atoms with Gasteiger partial charge in [0, 0.05) is 22.5 Å². The maximum atomic E-state index is 13.2. The Morgan fingerprint density at radius 2 is 1.59 bits per heavy atom. The van der Waals surface area contributed by atoms with Crippen molar-refractivity contribution in [1.82, 2.24) is 4.57 Å². The van der Waals surface area contributed by atoms with Gasteiger partial charge in [0.1, 0.15) is 0 Å². The van der Waals surface area contributed by atoms with Crippen LogP contribution < -0.4 is 5.56 Å². The summed E-state index contributed by atoms with van der Waals surface area (Å²) in [5, 5.41) is 0.851. The number of aryl methyl sites for hydroxylation is 1. The van der Waals surface area contributed by atoms with Crippen molar-refractivity contribution in [3.8, 4) is 11.1 Å². The third kappa shape index (κ3) is 3.71. The second-order valence-electron chi connectivity index (χ2n) is 6.75. The van der Waals surface area contributed by atoms with E-state index in [2.05, 4.69) is 15.9 Å². The third-order valence-corrected chi connectivity index (χ3v) is 5.39. The number of aromatic nitrogens is 1. The lowest BCUT2D eigenvalue weighted by molar-refractivity contribution is 0.104. The normalized spacial score (nSPS) is 11.2. The van der Waals surface area contributed by atoms with Crippen molar-refractivity contribution in [2.45, 2.75) is 0 Å². The molecule has 1 aromatic heterocycles. The van der Waals surface area contributed by atoms with Gasteiger partial charge < -0.3 is 4.57 Å². The van der Waals surface area contributed by atoms with Crippen molar-refractivity contribution in [2.75, 3.05) is 0 Å². The smallest absolute Gasteiger partial charge is 0.262 e. The number of hydrogen-bond acceptors (Lipinski definition) is 2. The van der Waals surface area contributed by atoms with Crippen LogP contribution in [-0.2, 0) is 7.05 Å². The number of ketones is 1. The highest BCUT2D eigenvalue weighted by Crippen LogP contribution is 2.32. The summed E-state index contributed by atoms with van der Waals surface area (Å²) < 4.78 is 2.43. The number of nitrogens with zero attached hydrogens (tertiary/aromatic N) is 1. The molecule has 3 nitrogen and oxygen atoms in total. The van der Waals surface area contributed by atoms with Gasteiger partial charge in [-0.25, -0.2) is 0 Å². The fraction of sp³-hybridized carbons (Fsp3) is 0.0400. The van der Waals surface area contributed by atoms with Crippen LogP contribution in [0.5, 0.6) is 0 Å². The molecule has 4 heteroatoms. The fourth-order valence-corrected chi connectivity index (χ4v) is 3.83. The van der Waals surface area contributed by atoms with E-state index in [9.17, 15) is 9.59 Å². The molecule has 0 atom stereocenters. The van der Waals surface area contributed by atoms with Gasteiger partial charge in [0.15, 0.2) is 5.78 Å². The molecule has 29 heavy (non-hydrogen) atoms. The maximum absolute atomic E-state index is 13.2. The van der Waals surface area contributed by atoms with E-state index < -0.39 is 0 Å². The van der Waals surface area contributed by atoms with Crippen molar-refractivity contribution < 1.29 is 4.79 Å². The highest BCUT2D eigenvalue weighted by atomic mass is 79.9. The zero-order chi connectivity index (χ0) is 20.4. The lowest BCUT2D eigenvalue weighted by Crippen LogP contribution is -2.25. The molecule has 0 radical (unpaired) electrons. The Labute approximate surface area is 177 Å². The van der Waals surface area contributed by atoms with Crippen molar-refractivity contribution in [3.05, 3.63) is 111 Å². The molecule has 4 rings (SSSR count). The first-order chi connectivity index (χ1) is 14.1. The van der Waals surface area contributed by atoms with Crippen molar-refractivity contribution in [2.24, 2.45) is 7.05 Å². The van der Waals surface area contributed by atoms with Crippen LogP contribution in [-0.4, -0.2) is 10.4 Å². The molecule has 0 N–H and O–H groups in total. The van der Waals surface area contributed by atoms with E-state index in [1.807, 2.05) is 78.9 Å². The number of carbonyl (C=O) groups is 1. The molecule has 0 aliphatic rings. The maximum Gasteiger partial charge on any atom is 0.262 e. The second-order valence-corrected chi connectivity index (χ2v) is 7.67. The third-order valence-electron chi connectivity index (χ3n) is 4.89. The molecule has 0 fully saturated rings. The van der Waals surface area contributed by atoms with Gasteiger partial charge in [-0.15, -0.1) is 0 Å². The number of allylic oxidation sites excluding steroid dienone is 1. The molecular weight excluding hydrogens is 426 g/mol. The van der Waals surface area contributed by atoms with Crippen LogP contribution in [0.3, 0.4) is 0 Å². The summed E-state index contributed by atoms with van der Waals surface area (Å²) in [5.41, 5.74) is 3.05. The van der Waals surface area contributed by atoms with E-state index in [4.69, 9.17) is 0 Å². The predicted molar refractivity (Wildman–Crippen MR) is 122 cm³/mol. The van der Waals surface area contributed by atoms with E-state index in [1.165, 1.54) is 10.6 Å². The first kappa shape index (κ1) is 19.1. The van der Waals surface area contributed by atoms with E-state index >= 15 is 0 Å². The zero-order valence-corrected chi connectivity index (χ0v) is 17.4. The SMILES string of the molecule is Cn1c(=O)c(C(=O)C=Cc2ccccc2)c(-c2ccccc2)c2cc(Br)ccc21. The Bertz CT molecular complexity index is 1290. The first-order valence-corrected chi connectivity index (χ1v) is 10.0. The highest BCUT2D eigenvalue weighted by molar-refractivity contribution is 9.10. The van der Waals surface area contributed by atoms with Crippen LogP contribution in [0.4, 0.5) is 0 Å². The van der Waals surface area contributed by atoms with Crippen molar-refractivity contribution >= 4 is 38.7 Å². The number of rotatable bonds is 4. The Hall–Kier alpha value is -3.24. The summed E-state index contributed by atoms with van der Waals surface area (Å²) in [6.45, 7) is 0. The molecular formula is C25H18BrNO2. The Kier molecular flexibility index (Phi) is 5.28. The quantitative estimate of drug-likeness (QED) is 0.292. The minimum atomic E-state index is -0.310. The second kappa shape index (κ2) is 8.02. The van der Waals surface area contributed by atoms with Gasteiger partial charge in [-0.1, -0.05) is 82.7 Å². The molecule has 3 aromatic carbocycles. The van der Waals surface area contributed by atoms with Gasteiger partial charge in [-0.2, -0.15) is 0 Å². The van der Waals surface area contributed by atoms with Gasteiger partial charge in [0.05, 0.1) is 11.1 Å². The largest absolute Gasteiger partial charge is 0.311 e. The molecule has 0 amide bonds. The standard InChI is InChI=1S/C25H18BrNO2/c1-27-21-14-13-19(26)16-20(21)23(18-10-6-3-7-11-18)24(25(27)29)22(28)15-12-17-8-4-2-5-9-17/h2-16H,1H3. The molecule has 1 heterocycles. The number of pyridine rings is 1. The van der Waals surface area contributed by atoms with Gasteiger partial charge >= 0.3 is 0 Å². The number of halogens is 1. The van der Waals surface area contributed by atoms with Gasteiger partial charge in [0.25, 0.3) is 5.56 Å². The van der Waals surface area contributed by atoms with Gasteiger partial charge in [0.2, 0.25) is 0 Å². The summed E-state index contributed by atoms with van der Waals surface area (Å²) in [4.78, 5) is 26.4. The fourth-order valence-electron chi connectivity index (χ4n) is 3.47. The number of carbonyl (C=O) groups excluding carboxylic acids is 1. The lowest BCUT2D eigenvalue weighted by atomic mass is 9.93. The van der Waals surface area contributed by atoms with Crippen molar-refractivity contribution in [3.63, 3.8) is 0 Å². The van der Waals surface area contributed by atoms with Crippen molar-refractivity contribution in [1.29, 1.82) is 0 Å². The van der Waals surface area contributed by atoms with Gasteiger partial charge in [-0.3, -0.25) is 9.59 Å². The van der Waals surface area contributed by atoms with Crippen LogP contribution in [0, 0.1) is 0 Å².